The molecule has 1 N–H and O–H groups in total. The predicted molar refractivity (Wildman–Crippen MR) is 56.2 cm³/mol. The fourth-order valence-corrected chi connectivity index (χ4v) is 1.15. The number of hydrogen-bond donors (Lipinski definition) is 2. The van der Waals surface area contributed by atoms with Gasteiger partial charge in [-0.05, 0) is 23.8 Å². The lowest BCUT2D eigenvalue weighted by Crippen LogP contribution is -1.99. The highest BCUT2D eigenvalue weighted by atomic mass is 32.1. The van der Waals surface area contributed by atoms with Gasteiger partial charge in [-0.1, -0.05) is 12.2 Å². The Kier molecular flexibility index (Phi) is 3.71. The third-order valence-corrected chi connectivity index (χ3v) is 1.86. The van der Waals surface area contributed by atoms with Gasteiger partial charge < -0.3 is 5.11 Å². The SMILES string of the molecule is O=C(O)c1ccc(F)cc1C=CCS. The van der Waals surface area contributed by atoms with E-state index in [0.29, 0.717) is 11.3 Å². The van der Waals surface area contributed by atoms with Crippen molar-refractivity contribution in [1.29, 1.82) is 0 Å². The summed E-state index contributed by atoms with van der Waals surface area (Å²) in [4.78, 5) is 10.7. The average molecular weight is 212 g/mol. The molecule has 0 saturated carbocycles. The Hall–Kier alpha value is -1.29. The summed E-state index contributed by atoms with van der Waals surface area (Å²) in [5, 5.41) is 8.78. The molecule has 0 amide bonds. The molecule has 0 saturated heterocycles. The lowest BCUT2D eigenvalue weighted by Gasteiger charge is -2.00. The maximum Gasteiger partial charge on any atom is 0.336 e. The number of rotatable bonds is 3. The van der Waals surface area contributed by atoms with Crippen LogP contribution in [-0.4, -0.2) is 16.8 Å². The van der Waals surface area contributed by atoms with Crippen LogP contribution in [0.1, 0.15) is 15.9 Å². The molecule has 1 aromatic rings. The second kappa shape index (κ2) is 4.81. The molecule has 1 rings (SSSR count). The first kappa shape index (κ1) is 10.8. The normalized spacial score (nSPS) is 10.7. The van der Waals surface area contributed by atoms with Gasteiger partial charge in [-0.15, -0.1) is 0 Å². The zero-order chi connectivity index (χ0) is 10.6. The van der Waals surface area contributed by atoms with Gasteiger partial charge >= 0.3 is 5.97 Å². The van der Waals surface area contributed by atoms with E-state index in [4.69, 9.17) is 5.11 Å². The van der Waals surface area contributed by atoms with E-state index < -0.39 is 11.8 Å². The van der Waals surface area contributed by atoms with E-state index in [1.807, 2.05) is 0 Å². The molecular weight excluding hydrogens is 203 g/mol. The average Bonchev–Trinajstić information content (AvgIpc) is 2.14. The van der Waals surface area contributed by atoms with Crippen LogP contribution in [0.3, 0.4) is 0 Å². The molecular formula is C10H9FO2S. The topological polar surface area (TPSA) is 37.3 Å². The highest BCUT2D eigenvalue weighted by Gasteiger charge is 2.07. The molecule has 0 radical (unpaired) electrons. The van der Waals surface area contributed by atoms with Gasteiger partial charge in [0.05, 0.1) is 5.56 Å². The van der Waals surface area contributed by atoms with Crippen molar-refractivity contribution in [3.05, 3.63) is 41.2 Å². The van der Waals surface area contributed by atoms with Crippen LogP contribution in [-0.2, 0) is 0 Å². The smallest absolute Gasteiger partial charge is 0.336 e. The number of halogens is 1. The van der Waals surface area contributed by atoms with Crippen molar-refractivity contribution in [2.24, 2.45) is 0 Å². The Morgan fingerprint density at radius 1 is 1.57 bits per heavy atom. The van der Waals surface area contributed by atoms with E-state index in [9.17, 15) is 9.18 Å². The molecule has 0 aromatic heterocycles. The van der Waals surface area contributed by atoms with Crippen molar-refractivity contribution in [2.75, 3.05) is 5.75 Å². The quantitative estimate of drug-likeness (QED) is 0.755. The van der Waals surface area contributed by atoms with Gasteiger partial charge in [-0.25, -0.2) is 9.18 Å². The van der Waals surface area contributed by atoms with Crippen LogP contribution >= 0.6 is 12.6 Å². The van der Waals surface area contributed by atoms with Gasteiger partial charge in [0.1, 0.15) is 5.82 Å². The molecule has 0 atom stereocenters. The summed E-state index contributed by atoms with van der Waals surface area (Å²) in [6.07, 6.45) is 3.20. The second-order valence-corrected chi connectivity index (χ2v) is 2.99. The van der Waals surface area contributed by atoms with Crippen molar-refractivity contribution >= 4 is 24.7 Å². The monoisotopic (exact) mass is 212 g/mol. The lowest BCUT2D eigenvalue weighted by molar-refractivity contribution is 0.0696. The zero-order valence-corrected chi connectivity index (χ0v) is 8.17. The first-order chi connectivity index (χ1) is 6.65. The Morgan fingerprint density at radius 3 is 2.86 bits per heavy atom. The molecule has 0 spiro atoms. The molecule has 74 valence electrons. The molecule has 14 heavy (non-hydrogen) atoms. The summed E-state index contributed by atoms with van der Waals surface area (Å²) in [6.45, 7) is 0. The van der Waals surface area contributed by atoms with Crippen LogP contribution in [0.4, 0.5) is 4.39 Å². The second-order valence-electron chi connectivity index (χ2n) is 2.62. The van der Waals surface area contributed by atoms with Crippen LogP contribution in [0.15, 0.2) is 24.3 Å². The summed E-state index contributed by atoms with van der Waals surface area (Å²) in [5.41, 5.74) is 0.441. The van der Waals surface area contributed by atoms with Crippen molar-refractivity contribution < 1.29 is 14.3 Å². The van der Waals surface area contributed by atoms with E-state index in [2.05, 4.69) is 12.6 Å². The van der Waals surface area contributed by atoms with E-state index in [1.54, 1.807) is 12.2 Å². The first-order valence-corrected chi connectivity index (χ1v) is 4.58. The largest absolute Gasteiger partial charge is 0.478 e. The van der Waals surface area contributed by atoms with Crippen LogP contribution < -0.4 is 0 Å². The maximum atomic E-state index is 12.8. The minimum absolute atomic E-state index is 0.0874. The highest BCUT2D eigenvalue weighted by Crippen LogP contribution is 2.13. The van der Waals surface area contributed by atoms with Gasteiger partial charge in [-0.2, -0.15) is 12.6 Å². The molecule has 2 nitrogen and oxygen atoms in total. The number of thiol groups is 1. The molecule has 0 aliphatic heterocycles. The summed E-state index contributed by atoms with van der Waals surface area (Å²) in [6, 6.07) is 3.56. The zero-order valence-electron chi connectivity index (χ0n) is 7.27. The van der Waals surface area contributed by atoms with Crippen LogP contribution in [0, 0.1) is 5.82 Å². The number of carboxylic acid groups (broad SMARTS) is 1. The van der Waals surface area contributed by atoms with Gasteiger partial charge in [-0.3, -0.25) is 0 Å². The minimum atomic E-state index is -1.07. The molecule has 0 bridgehead atoms. The van der Waals surface area contributed by atoms with Crippen LogP contribution in [0.2, 0.25) is 0 Å². The van der Waals surface area contributed by atoms with E-state index in [0.717, 1.165) is 6.07 Å². The standard InChI is InChI=1S/C10H9FO2S/c11-8-3-4-9(10(12)13)7(6-8)2-1-5-14/h1-4,6,14H,5H2,(H,12,13). The van der Waals surface area contributed by atoms with Gasteiger partial charge in [0.15, 0.2) is 0 Å². The Balaban J connectivity index is 3.15. The van der Waals surface area contributed by atoms with Crippen LogP contribution in [0.25, 0.3) is 6.08 Å². The van der Waals surface area contributed by atoms with E-state index in [-0.39, 0.29) is 5.56 Å². The molecule has 0 fully saturated rings. The number of carbonyl (C=O) groups is 1. The van der Waals surface area contributed by atoms with Crippen molar-refractivity contribution in [3.63, 3.8) is 0 Å². The van der Waals surface area contributed by atoms with Gasteiger partial charge in [0, 0.05) is 5.75 Å². The molecule has 1 aromatic carbocycles. The Bertz CT molecular complexity index is 374. The third kappa shape index (κ3) is 2.60. The molecule has 0 aliphatic carbocycles. The Morgan fingerprint density at radius 2 is 2.29 bits per heavy atom. The van der Waals surface area contributed by atoms with Crippen molar-refractivity contribution in [3.8, 4) is 0 Å². The Labute approximate surface area is 86.5 Å². The van der Waals surface area contributed by atoms with Crippen LogP contribution in [0.5, 0.6) is 0 Å². The fourth-order valence-electron chi connectivity index (χ4n) is 1.05. The van der Waals surface area contributed by atoms with Crippen molar-refractivity contribution in [2.45, 2.75) is 0 Å². The third-order valence-electron chi connectivity index (χ3n) is 1.65. The minimum Gasteiger partial charge on any atom is -0.478 e. The summed E-state index contributed by atoms with van der Waals surface area (Å²) in [7, 11) is 0. The summed E-state index contributed by atoms with van der Waals surface area (Å²) < 4.78 is 12.8. The summed E-state index contributed by atoms with van der Waals surface area (Å²) in [5.74, 6) is -1.03. The van der Waals surface area contributed by atoms with Gasteiger partial charge in [0.25, 0.3) is 0 Å². The van der Waals surface area contributed by atoms with E-state index in [1.165, 1.54) is 12.1 Å². The predicted octanol–water partition coefficient (Wildman–Crippen LogP) is 2.47. The van der Waals surface area contributed by atoms with Gasteiger partial charge in [0.2, 0.25) is 0 Å². The highest BCUT2D eigenvalue weighted by molar-refractivity contribution is 7.80. The number of hydrogen-bond acceptors (Lipinski definition) is 2. The molecule has 0 aliphatic rings. The lowest BCUT2D eigenvalue weighted by atomic mass is 10.1. The molecule has 0 unspecified atom stereocenters. The fraction of sp³-hybridized carbons (Fsp3) is 0.100. The summed E-state index contributed by atoms with van der Waals surface area (Å²) >= 11 is 3.93. The van der Waals surface area contributed by atoms with E-state index >= 15 is 0 Å². The molecule has 0 heterocycles. The number of aromatic carboxylic acids is 1. The maximum absolute atomic E-state index is 12.8. The number of carboxylic acids is 1. The number of benzene rings is 1. The van der Waals surface area contributed by atoms with Crippen molar-refractivity contribution in [1.82, 2.24) is 0 Å². The first-order valence-electron chi connectivity index (χ1n) is 3.95. The molecule has 4 heteroatoms.